The summed E-state index contributed by atoms with van der Waals surface area (Å²) in [5.74, 6) is 1.13. The summed E-state index contributed by atoms with van der Waals surface area (Å²) in [6, 6.07) is 6.58. The molecule has 0 amide bonds. The average Bonchev–Trinajstić information content (AvgIpc) is 2.81. The normalized spacial score (nSPS) is 11.0. The van der Waals surface area contributed by atoms with Crippen LogP contribution in [0.15, 0.2) is 33.9 Å². The predicted octanol–water partition coefficient (Wildman–Crippen LogP) is 1.34. The minimum absolute atomic E-state index is 0.180. The topological polar surface area (TPSA) is 78.2 Å². The van der Waals surface area contributed by atoms with Gasteiger partial charge in [0, 0.05) is 37.0 Å². The second-order valence-electron chi connectivity index (χ2n) is 5.24. The molecule has 2 aromatic heterocycles. The number of aromatic nitrogens is 3. The first-order chi connectivity index (χ1) is 11.0. The summed E-state index contributed by atoms with van der Waals surface area (Å²) < 4.78 is 13.3. The highest BCUT2D eigenvalue weighted by Gasteiger charge is 2.15. The number of hydrogen-bond donors (Lipinski definition) is 1. The monoisotopic (exact) mass is 315 g/mol. The Morgan fingerprint density at radius 3 is 2.17 bits per heavy atom. The number of benzene rings is 1. The molecule has 0 aliphatic carbocycles. The summed E-state index contributed by atoms with van der Waals surface area (Å²) in [5.41, 5.74) is 1.23. The van der Waals surface area contributed by atoms with Crippen LogP contribution >= 0.6 is 0 Å². The molecule has 0 spiro atoms. The van der Waals surface area contributed by atoms with Gasteiger partial charge >= 0.3 is 0 Å². The van der Waals surface area contributed by atoms with Crippen molar-refractivity contribution < 1.29 is 9.47 Å². The van der Waals surface area contributed by atoms with Gasteiger partial charge in [-0.3, -0.25) is 23.9 Å². The third-order valence-corrected chi connectivity index (χ3v) is 3.86. The van der Waals surface area contributed by atoms with Crippen molar-refractivity contribution in [3.8, 4) is 17.2 Å². The highest BCUT2D eigenvalue weighted by atomic mass is 16.5. The highest BCUT2D eigenvalue weighted by molar-refractivity contribution is 5.80. The van der Waals surface area contributed by atoms with Crippen LogP contribution in [0.25, 0.3) is 16.6 Å². The maximum absolute atomic E-state index is 12.5. The van der Waals surface area contributed by atoms with E-state index in [1.165, 1.54) is 15.3 Å². The van der Waals surface area contributed by atoms with Crippen LogP contribution in [0, 0.1) is 6.92 Å². The summed E-state index contributed by atoms with van der Waals surface area (Å²) in [5, 5.41) is 3.35. The van der Waals surface area contributed by atoms with Crippen LogP contribution in [0.4, 0.5) is 0 Å². The van der Waals surface area contributed by atoms with Crippen LogP contribution < -0.4 is 20.6 Å². The van der Waals surface area contributed by atoms with E-state index >= 15 is 0 Å². The zero-order chi connectivity index (χ0) is 16.7. The van der Waals surface area contributed by atoms with E-state index in [2.05, 4.69) is 5.10 Å². The van der Waals surface area contributed by atoms with Crippen molar-refractivity contribution in [2.75, 3.05) is 14.2 Å². The van der Waals surface area contributed by atoms with E-state index in [-0.39, 0.29) is 11.1 Å². The zero-order valence-electron chi connectivity index (χ0n) is 13.3. The van der Waals surface area contributed by atoms with Gasteiger partial charge in [-0.2, -0.15) is 0 Å². The molecular weight excluding hydrogens is 298 g/mol. The molecule has 0 saturated carbocycles. The van der Waals surface area contributed by atoms with Crippen LogP contribution in [-0.4, -0.2) is 28.6 Å². The molecule has 23 heavy (non-hydrogen) atoms. The molecule has 0 aliphatic rings. The number of H-pyrrole nitrogens is 1. The Morgan fingerprint density at radius 2 is 1.61 bits per heavy atom. The van der Waals surface area contributed by atoms with Crippen LogP contribution in [0.5, 0.6) is 11.5 Å². The first-order valence-electron chi connectivity index (χ1n) is 7.01. The van der Waals surface area contributed by atoms with E-state index < -0.39 is 0 Å². The Hall–Kier alpha value is -2.96. The lowest BCUT2D eigenvalue weighted by Gasteiger charge is -2.13. The number of hydrogen-bond acceptors (Lipinski definition) is 4. The summed E-state index contributed by atoms with van der Waals surface area (Å²) in [6.45, 7) is 1.74. The largest absolute Gasteiger partial charge is 0.497 e. The fourth-order valence-corrected chi connectivity index (χ4v) is 2.73. The molecule has 0 atom stereocenters. The van der Waals surface area contributed by atoms with Crippen LogP contribution in [0.1, 0.15) is 5.69 Å². The molecule has 3 aromatic rings. The SMILES string of the molecule is COc1cc(OC)cc(-n2c(C)c3c(=O)n(C)[nH]c3cc2=O)c1. The van der Waals surface area contributed by atoms with Crippen molar-refractivity contribution in [2.45, 2.75) is 6.92 Å². The van der Waals surface area contributed by atoms with Gasteiger partial charge in [-0.05, 0) is 6.92 Å². The van der Waals surface area contributed by atoms with Crippen LogP contribution in [0.3, 0.4) is 0 Å². The third kappa shape index (κ3) is 2.30. The summed E-state index contributed by atoms with van der Waals surface area (Å²) in [4.78, 5) is 24.8. The lowest BCUT2D eigenvalue weighted by atomic mass is 10.2. The quantitative estimate of drug-likeness (QED) is 0.791. The number of nitrogens with one attached hydrogen (secondary N) is 1. The van der Waals surface area contributed by atoms with E-state index in [0.717, 1.165) is 0 Å². The van der Waals surface area contributed by atoms with Crippen molar-refractivity contribution in [3.05, 3.63) is 50.7 Å². The average molecular weight is 315 g/mol. The minimum Gasteiger partial charge on any atom is -0.497 e. The number of pyridine rings is 1. The summed E-state index contributed by atoms with van der Waals surface area (Å²) in [6.07, 6.45) is 0. The lowest BCUT2D eigenvalue weighted by Crippen LogP contribution is -2.21. The van der Waals surface area contributed by atoms with Gasteiger partial charge in [0.2, 0.25) is 0 Å². The van der Waals surface area contributed by atoms with E-state index in [1.54, 1.807) is 46.4 Å². The third-order valence-electron chi connectivity index (χ3n) is 3.86. The second kappa shape index (κ2) is 5.35. The molecule has 3 rings (SSSR count). The maximum atomic E-state index is 12.5. The van der Waals surface area contributed by atoms with Crippen molar-refractivity contribution in [1.82, 2.24) is 14.3 Å². The Morgan fingerprint density at radius 1 is 1.00 bits per heavy atom. The maximum Gasteiger partial charge on any atom is 0.275 e. The van der Waals surface area contributed by atoms with E-state index in [4.69, 9.17) is 9.47 Å². The van der Waals surface area contributed by atoms with Gasteiger partial charge in [0.25, 0.3) is 11.1 Å². The first-order valence-corrected chi connectivity index (χ1v) is 7.01. The Kier molecular flexibility index (Phi) is 3.48. The van der Waals surface area contributed by atoms with Crippen molar-refractivity contribution in [2.24, 2.45) is 7.05 Å². The smallest absolute Gasteiger partial charge is 0.275 e. The van der Waals surface area contributed by atoms with E-state index in [0.29, 0.717) is 33.8 Å². The molecule has 7 nitrogen and oxygen atoms in total. The van der Waals surface area contributed by atoms with Crippen molar-refractivity contribution in [1.29, 1.82) is 0 Å². The fraction of sp³-hybridized carbons (Fsp3) is 0.250. The minimum atomic E-state index is -0.243. The highest BCUT2D eigenvalue weighted by Crippen LogP contribution is 2.25. The van der Waals surface area contributed by atoms with Gasteiger partial charge < -0.3 is 9.47 Å². The molecule has 2 heterocycles. The van der Waals surface area contributed by atoms with Gasteiger partial charge in [0.1, 0.15) is 11.5 Å². The number of aromatic amines is 1. The van der Waals surface area contributed by atoms with Crippen molar-refractivity contribution >= 4 is 10.9 Å². The fourth-order valence-electron chi connectivity index (χ4n) is 2.73. The lowest BCUT2D eigenvalue weighted by molar-refractivity contribution is 0.394. The number of fused-ring (bicyclic) bond motifs is 1. The van der Waals surface area contributed by atoms with Crippen molar-refractivity contribution in [3.63, 3.8) is 0 Å². The molecule has 1 N–H and O–H groups in total. The molecule has 0 saturated heterocycles. The Labute approximate surface area is 131 Å². The Bertz CT molecular complexity index is 988. The molecule has 1 aromatic carbocycles. The molecule has 0 fully saturated rings. The number of rotatable bonds is 3. The molecular formula is C16H17N3O4. The molecule has 120 valence electrons. The van der Waals surface area contributed by atoms with Gasteiger partial charge in [0.05, 0.1) is 30.8 Å². The number of ether oxygens (including phenoxy) is 2. The van der Waals surface area contributed by atoms with E-state index in [1.807, 2.05) is 0 Å². The number of nitrogens with zero attached hydrogens (tertiary/aromatic N) is 2. The summed E-state index contributed by atoms with van der Waals surface area (Å²) >= 11 is 0. The number of aryl methyl sites for hydroxylation is 2. The van der Waals surface area contributed by atoms with Gasteiger partial charge in [-0.1, -0.05) is 0 Å². The first kappa shape index (κ1) is 15.0. The standard InChI is InChI=1S/C16H17N3O4/c1-9-15-13(17-18(2)16(15)21)8-14(20)19(9)10-5-11(22-3)7-12(6-10)23-4/h5-8,17H,1-4H3. The molecule has 0 radical (unpaired) electrons. The van der Waals surface area contributed by atoms with E-state index in [9.17, 15) is 9.59 Å². The van der Waals surface area contributed by atoms with Crippen LogP contribution in [0.2, 0.25) is 0 Å². The van der Waals surface area contributed by atoms with Gasteiger partial charge in [-0.25, -0.2) is 0 Å². The molecule has 7 heteroatoms. The summed E-state index contributed by atoms with van der Waals surface area (Å²) in [7, 11) is 4.70. The van der Waals surface area contributed by atoms with Gasteiger partial charge in [0.15, 0.2) is 0 Å². The molecule has 0 aliphatic heterocycles. The predicted molar refractivity (Wildman–Crippen MR) is 87.0 cm³/mol. The zero-order valence-corrected chi connectivity index (χ0v) is 13.3. The molecule has 0 bridgehead atoms. The van der Waals surface area contributed by atoms with Crippen LogP contribution in [-0.2, 0) is 7.05 Å². The second-order valence-corrected chi connectivity index (χ2v) is 5.24. The van der Waals surface area contributed by atoms with Gasteiger partial charge in [-0.15, -0.1) is 0 Å². The Balaban J connectivity index is 2.38. The number of methoxy groups -OCH3 is 2. The molecule has 0 unspecified atom stereocenters.